The third kappa shape index (κ3) is 7.77. The van der Waals surface area contributed by atoms with Gasteiger partial charge in [0, 0.05) is 12.1 Å². The molecule has 1 atom stereocenters. The van der Waals surface area contributed by atoms with Crippen LogP contribution in [0.5, 0.6) is 0 Å². The zero-order valence-electron chi connectivity index (χ0n) is 19.6. The van der Waals surface area contributed by atoms with Gasteiger partial charge in [-0.2, -0.15) is 0 Å². The van der Waals surface area contributed by atoms with Gasteiger partial charge in [-0.15, -0.1) is 0 Å². The molecule has 0 bridgehead atoms. The molecule has 0 saturated heterocycles. The van der Waals surface area contributed by atoms with Crippen LogP contribution in [-0.2, 0) is 26.2 Å². The molecule has 2 aromatic rings. The average Bonchev–Trinajstić information content (AvgIpc) is 2.70. The molecule has 0 aliphatic heterocycles. The highest BCUT2D eigenvalue weighted by molar-refractivity contribution is 7.92. The van der Waals surface area contributed by atoms with E-state index in [2.05, 4.69) is 5.32 Å². The van der Waals surface area contributed by atoms with E-state index < -0.39 is 34.1 Å². The number of nitrogens with one attached hydrogen (secondary N) is 1. The van der Waals surface area contributed by atoms with E-state index in [0.717, 1.165) is 10.6 Å². The summed E-state index contributed by atoms with van der Waals surface area (Å²) in [5.74, 6) is -0.975. The van der Waals surface area contributed by atoms with Gasteiger partial charge in [0.2, 0.25) is 21.8 Å². The zero-order chi connectivity index (χ0) is 25.8. The van der Waals surface area contributed by atoms with Crippen molar-refractivity contribution < 1.29 is 18.0 Å². The summed E-state index contributed by atoms with van der Waals surface area (Å²) < 4.78 is 26.0. The molecule has 186 valence electrons. The number of amides is 2. The minimum atomic E-state index is -3.87. The number of hydrogen-bond acceptors (Lipinski definition) is 4. The quantitative estimate of drug-likeness (QED) is 0.516. The number of benzene rings is 2. The topological polar surface area (TPSA) is 86.8 Å². The van der Waals surface area contributed by atoms with Crippen LogP contribution in [0.15, 0.2) is 42.5 Å². The minimum absolute atomic E-state index is 0.00851. The summed E-state index contributed by atoms with van der Waals surface area (Å²) in [7, 11) is -3.87. The fourth-order valence-electron chi connectivity index (χ4n) is 3.14. The van der Waals surface area contributed by atoms with E-state index in [1.807, 2.05) is 20.8 Å². The van der Waals surface area contributed by atoms with E-state index in [1.54, 1.807) is 37.3 Å². The van der Waals surface area contributed by atoms with Crippen LogP contribution in [0.3, 0.4) is 0 Å². The van der Waals surface area contributed by atoms with Gasteiger partial charge in [-0.05, 0) is 57.5 Å². The number of para-hydroxylation sites is 1. The maximum Gasteiger partial charge on any atom is 0.244 e. The molecule has 0 radical (unpaired) electrons. The summed E-state index contributed by atoms with van der Waals surface area (Å²) in [6.45, 7) is 6.52. The van der Waals surface area contributed by atoms with E-state index >= 15 is 0 Å². The van der Waals surface area contributed by atoms with Crippen molar-refractivity contribution in [2.75, 3.05) is 17.1 Å². The number of carbonyl (C=O) groups is 2. The number of nitrogens with zero attached hydrogens (tertiary/aromatic N) is 2. The normalized spacial score (nSPS) is 12.7. The van der Waals surface area contributed by atoms with Crippen molar-refractivity contribution >= 4 is 62.3 Å². The highest BCUT2D eigenvalue weighted by Gasteiger charge is 2.32. The number of halogens is 3. The number of hydrogen-bond donors (Lipinski definition) is 1. The lowest BCUT2D eigenvalue weighted by Gasteiger charge is -2.33. The van der Waals surface area contributed by atoms with Gasteiger partial charge in [-0.3, -0.25) is 13.9 Å². The van der Waals surface area contributed by atoms with Gasteiger partial charge >= 0.3 is 0 Å². The summed E-state index contributed by atoms with van der Waals surface area (Å²) >= 11 is 18.3. The number of anilines is 1. The highest BCUT2D eigenvalue weighted by Crippen LogP contribution is 2.28. The van der Waals surface area contributed by atoms with Crippen molar-refractivity contribution in [3.05, 3.63) is 63.1 Å². The first-order valence-corrected chi connectivity index (χ1v) is 13.4. The molecule has 1 unspecified atom stereocenters. The molecule has 34 heavy (non-hydrogen) atoms. The van der Waals surface area contributed by atoms with Crippen molar-refractivity contribution in [2.45, 2.75) is 45.8 Å². The van der Waals surface area contributed by atoms with Crippen molar-refractivity contribution in [1.82, 2.24) is 10.2 Å². The molecule has 1 N–H and O–H groups in total. The van der Waals surface area contributed by atoms with Gasteiger partial charge < -0.3 is 10.2 Å². The van der Waals surface area contributed by atoms with Crippen LogP contribution in [0.1, 0.15) is 33.3 Å². The molecule has 7 nitrogen and oxygen atoms in total. The fourth-order valence-corrected chi connectivity index (χ4v) is 4.61. The Bertz CT molecular complexity index is 1170. The molecular formula is C23H28Cl3N3O4S. The summed E-state index contributed by atoms with van der Waals surface area (Å²) in [6.07, 6.45) is 0.989. The Kier molecular flexibility index (Phi) is 9.27. The summed E-state index contributed by atoms with van der Waals surface area (Å²) in [5.41, 5.74) is 0.267. The smallest absolute Gasteiger partial charge is 0.244 e. The zero-order valence-corrected chi connectivity index (χ0v) is 22.7. The van der Waals surface area contributed by atoms with Crippen molar-refractivity contribution in [3.8, 4) is 0 Å². The van der Waals surface area contributed by atoms with Crippen molar-refractivity contribution in [2.24, 2.45) is 0 Å². The van der Waals surface area contributed by atoms with E-state index in [1.165, 1.54) is 17.0 Å². The van der Waals surface area contributed by atoms with E-state index in [9.17, 15) is 18.0 Å². The predicted molar refractivity (Wildman–Crippen MR) is 138 cm³/mol. The van der Waals surface area contributed by atoms with Gasteiger partial charge in [-0.1, -0.05) is 53.0 Å². The molecule has 0 heterocycles. The maximum absolute atomic E-state index is 13.5. The molecule has 0 aliphatic rings. The largest absolute Gasteiger partial charge is 0.350 e. The first-order valence-electron chi connectivity index (χ1n) is 10.4. The lowest BCUT2D eigenvalue weighted by molar-refractivity contribution is -0.140. The molecule has 2 rings (SSSR count). The van der Waals surface area contributed by atoms with Crippen LogP contribution in [0.4, 0.5) is 5.69 Å². The molecule has 2 amide bonds. The van der Waals surface area contributed by atoms with E-state index in [4.69, 9.17) is 34.8 Å². The lowest BCUT2D eigenvalue weighted by atomic mass is 10.1. The molecule has 0 spiro atoms. The third-order valence-electron chi connectivity index (χ3n) is 4.80. The highest BCUT2D eigenvalue weighted by atomic mass is 35.5. The number of carbonyl (C=O) groups excluding carboxylic acids is 2. The van der Waals surface area contributed by atoms with E-state index in [0.29, 0.717) is 15.6 Å². The van der Waals surface area contributed by atoms with Crippen LogP contribution < -0.4 is 9.62 Å². The number of rotatable bonds is 8. The van der Waals surface area contributed by atoms with Crippen molar-refractivity contribution in [1.29, 1.82) is 0 Å². The van der Waals surface area contributed by atoms with Gasteiger partial charge in [0.15, 0.2) is 0 Å². The Morgan fingerprint density at radius 1 is 1.00 bits per heavy atom. The predicted octanol–water partition coefficient (Wildman–Crippen LogP) is 4.74. The third-order valence-corrected chi connectivity index (χ3v) is 6.99. The second kappa shape index (κ2) is 11.2. The van der Waals surface area contributed by atoms with Crippen LogP contribution in [0.25, 0.3) is 0 Å². The lowest BCUT2D eigenvalue weighted by Crippen LogP contribution is -2.54. The van der Waals surface area contributed by atoms with Crippen LogP contribution in [0, 0.1) is 0 Å². The van der Waals surface area contributed by atoms with Gasteiger partial charge in [-0.25, -0.2) is 8.42 Å². The second-order valence-corrected chi connectivity index (χ2v) is 12.0. The van der Waals surface area contributed by atoms with E-state index in [-0.39, 0.29) is 23.2 Å². The Morgan fingerprint density at radius 3 is 2.15 bits per heavy atom. The average molecular weight is 549 g/mol. The summed E-state index contributed by atoms with van der Waals surface area (Å²) in [6, 6.07) is 10.3. The Hall–Kier alpha value is -2.00. The molecule has 0 aromatic heterocycles. The molecule has 0 fully saturated rings. The maximum atomic E-state index is 13.5. The fraction of sp³-hybridized carbons (Fsp3) is 0.391. The van der Waals surface area contributed by atoms with Gasteiger partial charge in [0.1, 0.15) is 12.6 Å². The summed E-state index contributed by atoms with van der Waals surface area (Å²) in [5, 5.41) is 3.68. The molecule has 0 aliphatic carbocycles. The Labute approximate surface area is 216 Å². The molecular weight excluding hydrogens is 521 g/mol. The van der Waals surface area contributed by atoms with Crippen LogP contribution >= 0.6 is 34.8 Å². The molecule has 11 heteroatoms. The van der Waals surface area contributed by atoms with Crippen LogP contribution in [-0.4, -0.2) is 49.5 Å². The summed E-state index contributed by atoms with van der Waals surface area (Å²) in [4.78, 5) is 27.7. The first-order chi connectivity index (χ1) is 15.6. The Morgan fingerprint density at radius 2 is 1.62 bits per heavy atom. The molecule has 2 aromatic carbocycles. The molecule has 0 saturated carbocycles. The second-order valence-electron chi connectivity index (χ2n) is 8.91. The van der Waals surface area contributed by atoms with Gasteiger partial charge in [0.05, 0.1) is 27.0 Å². The first kappa shape index (κ1) is 28.2. The van der Waals surface area contributed by atoms with Gasteiger partial charge in [0.25, 0.3) is 0 Å². The Balaban J connectivity index is 2.44. The standard InChI is InChI=1S/C23H28Cl3N3O4S/c1-15(22(31)27-23(2,3)4)28(13-16-10-11-17(24)19(26)12-16)21(30)14-29(34(5,32)33)20-9-7-6-8-18(20)25/h6-12,15H,13-14H2,1-5H3,(H,27,31). The van der Waals surface area contributed by atoms with Crippen molar-refractivity contribution in [3.63, 3.8) is 0 Å². The minimum Gasteiger partial charge on any atom is -0.350 e. The number of sulfonamides is 1. The monoisotopic (exact) mass is 547 g/mol. The SMILES string of the molecule is CC(C(=O)NC(C)(C)C)N(Cc1ccc(Cl)c(Cl)c1)C(=O)CN(c1ccccc1Cl)S(C)(=O)=O. The van der Waals surface area contributed by atoms with Crippen LogP contribution in [0.2, 0.25) is 15.1 Å².